The third-order valence-electron chi connectivity index (χ3n) is 7.38. The number of amides is 2. The fourth-order valence-corrected chi connectivity index (χ4v) is 5.25. The first-order chi connectivity index (χ1) is 18.3. The maximum absolute atomic E-state index is 13.8. The van der Waals surface area contributed by atoms with Crippen LogP contribution in [0.2, 0.25) is 0 Å². The largest absolute Gasteiger partial charge is 0.493 e. The monoisotopic (exact) mass is 513 g/mol. The average molecular weight is 514 g/mol. The van der Waals surface area contributed by atoms with Crippen LogP contribution in [0.1, 0.15) is 35.4 Å². The van der Waals surface area contributed by atoms with Crippen molar-refractivity contribution in [3.8, 4) is 11.5 Å². The predicted molar refractivity (Wildman–Crippen MR) is 145 cm³/mol. The van der Waals surface area contributed by atoms with Gasteiger partial charge in [-0.3, -0.25) is 23.9 Å². The number of methoxy groups -OCH3 is 2. The van der Waals surface area contributed by atoms with E-state index in [1.807, 2.05) is 50.3 Å². The second kappa shape index (κ2) is 10.3. The van der Waals surface area contributed by atoms with Crippen molar-refractivity contribution in [1.29, 1.82) is 0 Å². The van der Waals surface area contributed by atoms with Crippen molar-refractivity contribution in [2.24, 2.45) is 0 Å². The molecule has 1 aliphatic heterocycles. The van der Waals surface area contributed by atoms with Gasteiger partial charge in [-0.1, -0.05) is 30.4 Å². The molecule has 38 heavy (non-hydrogen) atoms. The van der Waals surface area contributed by atoms with Gasteiger partial charge < -0.3 is 9.47 Å². The number of carbonyl (C=O) groups is 2. The molecule has 0 fully saturated rings. The van der Waals surface area contributed by atoms with E-state index >= 15 is 0 Å². The van der Waals surface area contributed by atoms with Gasteiger partial charge in [0, 0.05) is 30.7 Å². The molecule has 3 aromatic rings. The van der Waals surface area contributed by atoms with Gasteiger partial charge in [-0.15, -0.1) is 0 Å². The minimum Gasteiger partial charge on any atom is -0.493 e. The van der Waals surface area contributed by atoms with Gasteiger partial charge in [-0.25, -0.2) is 4.98 Å². The van der Waals surface area contributed by atoms with E-state index in [1.54, 1.807) is 24.9 Å². The van der Waals surface area contributed by atoms with Gasteiger partial charge in [0.1, 0.15) is 5.82 Å². The van der Waals surface area contributed by atoms with Crippen LogP contribution in [0, 0.1) is 13.8 Å². The van der Waals surface area contributed by atoms with E-state index < -0.39 is 0 Å². The molecule has 2 aliphatic rings. The Morgan fingerprint density at radius 3 is 2.39 bits per heavy atom. The number of hydrogen-bond acceptors (Lipinski definition) is 6. The molecule has 0 saturated heterocycles. The molecule has 8 nitrogen and oxygen atoms in total. The van der Waals surface area contributed by atoms with E-state index in [2.05, 4.69) is 0 Å². The van der Waals surface area contributed by atoms with Crippen molar-refractivity contribution in [1.82, 2.24) is 14.5 Å². The van der Waals surface area contributed by atoms with E-state index in [4.69, 9.17) is 14.5 Å². The lowest BCUT2D eigenvalue weighted by Gasteiger charge is -2.19. The van der Waals surface area contributed by atoms with Crippen LogP contribution >= 0.6 is 0 Å². The fraction of sp³-hybridized carbons (Fsp3) is 0.333. The summed E-state index contributed by atoms with van der Waals surface area (Å²) >= 11 is 0. The topological polar surface area (TPSA) is 90.7 Å². The quantitative estimate of drug-likeness (QED) is 0.425. The number of benzene rings is 2. The third kappa shape index (κ3) is 4.40. The van der Waals surface area contributed by atoms with Crippen molar-refractivity contribution < 1.29 is 19.1 Å². The van der Waals surface area contributed by atoms with Gasteiger partial charge >= 0.3 is 0 Å². The number of ether oxygens (including phenoxy) is 2. The molecule has 0 atom stereocenters. The molecule has 2 heterocycles. The molecule has 2 amide bonds. The van der Waals surface area contributed by atoms with Gasteiger partial charge in [0.2, 0.25) is 0 Å². The summed E-state index contributed by atoms with van der Waals surface area (Å²) in [6.07, 6.45) is 5.86. The van der Waals surface area contributed by atoms with Crippen LogP contribution in [0.15, 0.2) is 58.4 Å². The lowest BCUT2D eigenvalue weighted by Crippen LogP contribution is -2.35. The fourth-order valence-electron chi connectivity index (χ4n) is 5.25. The standard InChI is InChI=1S/C30H31N3O5/c1-18-9-10-19(2)27-26(18)30(36)32(15-13-20-11-12-23(37-3)24(17-20)38-4)25(31-27)14-16-33-28(34)21-7-5-6-8-22(21)29(33)35/h5,7,9-12,17H,6,8,13-16H2,1-4H3. The van der Waals surface area contributed by atoms with Crippen LogP contribution in [-0.4, -0.2) is 47.0 Å². The van der Waals surface area contributed by atoms with E-state index in [1.165, 1.54) is 4.90 Å². The van der Waals surface area contributed by atoms with Crippen LogP contribution in [0.25, 0.3) is 10.9 Å². The predicted octanol–water partition coefficient (Wildman–Crippen LogP) is 3.83. The number of allylic oxidation sites excluding steroid dienone is 1. The van der Waals surface area contributed by atoms with Gasteiger partial charge in [0.15, 0.2) is 11.5 Å². The molecule has 0 spiro atoms. The molecule has 1 aromatic heterocycles. The zero-order valence-corrected chi connectivity index (χ0v) is 22.2. The summed E-state index contributed by atoms with van der Waals surface area (Å²) in [4.78, 5) is 45.9. The third-order valence-corrected chi connectivity index (χ3v) is 7.38. The molecule has 0 bridgehead atoms. The normalized spacial score (nSPS) is 15.0. The smallest absolute Gasteiger partial charge is 0.261 e. The van der Waals surface area contributed by atoms with E-state index in [-0.39, 0.29) is 30.3 Å². The molecule has 5 rings (SSSR count). The van der Waals surface area contributed by atoms with Crippen molar-refractivity contribution in [2.75, 3.05) is 20.8 Å². The van der Waals surface area contributed by atoms with Crippen molar-refractivity contribution in [2.45, 2.75) is 46.1 Å². The first-order valence-corrected chi connectivity index (χ1v) is 12.8. The number of hydrogen-bond donors (Lipinski definition) is 0. The molecule has 0 saturated carbocycles. The number of imide groups is 1. The number of carbonyl (C=O) groups excluding carboxylic acids is 2. The Morgan fingerprint density at radius 1 is 0.895 bits per heavy atom. The van der Waals surface area contributed by atoms with E-state index in [0.717, 1.165) is 23.1 Å². The molecule has 196 valence electrons. The van der Waals surface area contributed by atoms with E-state index in [9.17, 15) is 14.4 Å². The summed E-state index contributed by atoms with van der Waals surface area (Å²) < 4.78 is 12.5. The first kappa shape index (κ1) is 25.4. The lowest BCUT2D eigenvalue weighted by atomic mass is 10.00. The summed E-state index contributed by atoms with van der Waals surface area (Å²) in [5, 5.41) is 0.594. The Hall–Kier alpha value is -4.20. The summed E-state index contributed by atoms with van der Waals surface area (Å²) in [6, 6.07) is 9.59. The van der Waals surface area contributed by atoms with Crippen molar-refractivity contribution in [3.05, 3.63) is 86.5 Å². The summed E-state index contributed by atoms with van der Waals surface area (Å²) in [5.41, 5.74) is 4.37. The summed E-state index contributed by atoms with van der Waals surface area (Å²) in [5.74, 6) is 1.31. The minimum absolute atomic E-state index is 0.119. The average Bonchev–Trinajstić information content (AvgIpc) is 3.17. The number of aryl methyl sites for hydroxylation is 3. The molecular weight excluding hydrogens is 482 g/mol. The molecular formula is C30H31N3O5. The van der Waals surface area contributed by atoms with Crippen LogP contribution in [0.4, 0.5) is 0 Å². The Kier molecular flexibility index (Phi) is 6.89. The van der Waals surface area contributed by atoms with Gasteiger partial charge in [-0.2, -0.15) is 0 Å². The second-order valence-electron chi connectivity index (χ2n) is 9.69. The zero-order chi connectivity index (χ0) is 27.0. The molecule has 0 radical (unpaired) electrons. The van der Waals surface area contributed by atoms with Crippen molar-refractivity contribution >= 4 is 22.7 Å². The van der Waals surface area contributed by atoms with Crippen molar-refractivity contribution in [3.63, 3.8) is 0 Å². The minimum atomic E-state index is -0.270. The highest BCUT2D eigenvalue weighted by atomic mass is 16.5. The summed E-state index contributed by atoms with van der Waals surface area (Å²) in [6.45, 7) is 4.40. The maximum atomic E-state index is 13.8. The molecule has 1 aliphatic carbocycles. The second-order valence-corrected chi connectivity index (χ2v) is 9.69. The Morgan fingerprint density at radius 2 is 1.66 bits per heavy atom. The van der Waals surface area contributed by atoms with Crippen LogP contribution in [0.3, 0.4) is 0 Å². The van der Waals surface area contributed by atoms with Gasteiger partial charge in [-0.05, 0) is 61.9 Å². The summed E-state index contributed by atoms with van der Waals surface area (Å²) in [7, 11) is 3.18. The highest BCUT2D eigenvalue weighted by Crippen LogP contribution is 2.30. The lowest BCUT2D eigenvalue weighted by molar-refractivity contribution is -0.137. The highest BCUT2D eigenvalue weighted by Gasteiger charge is 2.37. The number of aromatic nitrogens is 2. The van der Waals surface area contributed by atoms with Gasteiger partial charge in [0.05, 0.1) is 25.1 Å². The highest BCUT2D eigenvalue weighted by molar-refractivity contribution is 6.20. The molecule has 0 unspecified atom stereocenters. The number of rotatable bonds is 8. The Labute approximate surface area is 221 Å². The number of fused-ring (bicyclic) bond motifs is 1. The van der Waals surface area contributed by atoms with Crippen LogP contribution in [-0.2, 0) is 29.0 Å². The number of nitrogens with zero attached hydrogens (tertiary/aromatic N) is 3. The Bertz CT molecular complexity index is 1580. The first-order valence-electron chi connectivity index (χ1n) is 12.8. The zero-order valence-electron chi connectivity index (χ0n) is 22.2. The van der Waals surface area contributed by atoms with Crippen LogP contribution in [0.5, 0.6) is 11.5 Å². The molecule has 0 N–H and O–H groups in total. The molecule has 2 aromatic carbocycles. The van der Waals surface area contributed by atoms with Gasteiger partial charge in [0.25, 0.3) is 17.4 Å². The van der Waals surface area contributed by atoms with E-state index in [0.29, 0.717) is 58.8 Å². The Balaban J connectivity index is 1.48. The van der Waals surface area contributed by atoms with Crippen LogP contribution < -0.4 is 15.0 Å². The SMILES string of the molecule is COc1ccc(CCn2c(CCN3C(=O)C4=C(CCC=C4)C3=O)nc3c(C)ccc(C)c3c2=O)cc1OC. The molecule has 8 heteroatoms. The maximum Gasteiger partial charge on any atom is 0.261 e.